The Morgan fingerprint density at radius 1 is 1.36 bits per heavy atom. The molecule has 0 heterocycles. The van der Waals surface area contributed by atoms with Gasteiger partial charge in [-0.15, -0.1) is 0 Å². The van der Waals surface area contributed by atoms with Crippen LogP contribution in [0.2, 0.25) is 5.02 Å². The third kappa shape index (κ3) is 5.60. The molecule has 5 N–H and O–H groups in total. The number of aliphatic hydroxyl groups excluding tert-OH is 1. The zero-order valence-electron chi connectivity index (χ0n) is 15.2. The number of nitrogens with one attached hydrogen (secondary N) is 2. The Kier molecular flexibility index (Phi) is 8.10. The Balaban J connectivity index is 2.45. The average Bonchev–Trinajstić information content (AvgIpc) is 2.65. The van der Waals surface area contributed by atoms with Crippen LogP contribution < -0.4 is 15.8 Å². The largest absolute Gasteiger partial charge is 0.490 e. The van der Waals surface area contributed by atoms with Crippen LogP contribution in [0.25, 0.3) is 0 Å². The van der Waals surface area contributed by atoms with E-state index in [1.165, 1.54) is 0 Å². The average molecular weight is 471 g/mol. The number of nitrogen functional groups attached to an aromatic ring is 1. The minimum absolute atomic E-state index is 0.0491. The molecular formula is C19H21BrClN3O4. The molecule has 0 fully saturated rings. The minimum Gasteiger partial charge on any atom is -0.490 e. The number of rotatable bonds is 9. The molecule has 9 heteroatoms. The van der Waals surface area contributed by atoms with E-state index in [-0.39, 0.29) is 25.7 Å². The number of amidine groups is 1. The number of hydrogen-bond acceptors (Lipinski definition) is 6. The summed E-state index contributed by atoms with van der Waals surface area (Å²) >= 11 is 9.58. The van der Waals surface area contributed by atoms with Gasteiger partial charge in [-0.2, -0.15) is 0 Å². The molecule has 2 aromatic rings. The third-order valence-corrected chi connectivity index (χ3v) is 4.52. The number of benzene rings is 2. The van der Waals surface area contributed by atoms with E-state index in [1.54, 1.807) is 43.3 Å². The van der Waals surface area contributed by atoms with Gasteiger partial charge in [0.2, 0.25) is 0 Å². The number of anilines is 1. The van der Waals surface area contributed by atoms with E-state index >= 15 is 0 Å². The number of halogens is 2. The zero-order valence-corrected chi connectivity index (χ0v) is 17.5. The van der Waals surface area contributed by atoms with Crippen molar-refractivity contribution in [3.8, 4) is 5.75 Å². The van der Waals surface area contributed by atoms with Crippen molar-refractivity contribution in [2.45, 2.75) is 13.0 Å². The van der Waals surface area contributed by atoms with E-state index < -0.39 is 12.0 Å². The summed E-state index contributed by atoms with van der Waals surface area (Å²) in [5.41, 5.74) is 7.12. The molecule has 0 saturated heterocycles. The highest BCUT2D eigenvalue weighted by atomic mass is 79.9. The van der Waals surface area contributed by atoms with Crippen molar-refractivity contribution in [3.63, 3.8) is 0 Å². The van der Waals surface area contributed by atoms with Crippen LogP contribution in [-0.4, -0.2) is 36.7 Å². The number of ether oxygens (including phenoxy) is 2. The molecule has 0 amide bonds. The SMILES string of the molecule is CCOC(=O)C(Nc1ccc(C(=N)N)cc1)c1cc(Cl)cc(Br)c1OCCO. The van der Waals surface area contributed by atoms with E-state index in [4.69, 9.17) is 37.3 Å². The van der Waals surface area contributed by atoms with E-state index in [2.05, 4.69) is 21.2 Å². The van der Waals surface area contributed by atoms with Gasteiger partial charge in [-0.1, -0.05) is 11.6 Å². The maximum absolute atomic E-state index is 12.7. The predicted molar refractivity (Wildman–Crippen MR) is 112 cm³/mol. The van der Waals surface area contributed by atoms with Crippen molar-refractivity contribution in [1.82, 2.24) is 0 Å². The van der Waals surface area contributed by atoms with Crippen molar-refractivity contribution in [2.24, 2.45) is 5.73 Å². The van der Waals surface area contributed by atoms with Crippen molar-refractivity contribution < 1.29 is 19.4 Å². The molecule has 0 spiro atoms. The molecule has 28 heavy (non-hydrogen) atoms. The highest BCUT2D eigenvalue weighted by Crippen LogP contribution is 2.38. The molecule has 0 aliphatic heterocycles. The molecular weight excluding hydrogens is 450 g/mol. The van der Waals surface area contributed by atoms with E-state index in [0.29, 0.717) is 32.1 Å². The lowest BCUT2D eigenvalue weighted by molar-refractivity contribution is -0.144. The van der Waals surface area contributed by atoms with Gasteiger partial charge in [-0.25, -0.2) is 4.79 Å². The van der Waals surface area contributed by atoms with Gasteiger partial charge in [0.25, 0.3) is 0 Å². The first-order valence-corrected chi connectivity index (χ1v) is 9.64. The van der Waals surface area contributed by atoms with Gasteiger partial charge in [0.05, 0.1) is 17.7 Å². The van der Waals surface area contributed by atoms with Gasteiger partial charge in [-0.05, 0) is 59.3 Å². The summed E-state index contributed by atoms with van der Waals surface area (Å²) in [6.45, 7) is 1.79. The van der Waals surface area contributed by atoms with Crippen molar-refractivity contribution in [2.75, 3.05) is 25.1 Å². The quantitative estimate of drug-likeness (QED) is 0.253. The molecule has 0 aliphatic rings. The van der Waals surface area contributed by atoms with Crippen LogP contribution in [0.15, 0.2) is 40.9 Å². The van der Waals surface area contributed by atoms with E-state index in [9.17, 15) is 4.79 Å². The second-order valence-electron chi connectivity index (χ2n) is 5.70. The molecule has 0 aliphatic carbocycles. The lowest BCUT2D eigenvalue weighted by Gasteiger charge is -2.22. The van der Waals surface area contributed by atoms with Crippen LogP contribution in [0.1, 0.15) is 24.1 Å². The fraction of sp³-hybridized carbons (Fsp3) is 0.263. The van der Waals surface area contributed by atoms with Crippen molar-refractivity contribution >= 4 is 45.0 Å². The molecule has 7 nitrogen and oxygen atoms in total. The second-order valence-corrected chi connectivity index (χ2v) is 6.99. The van der Waals surface area contributed by atoms with Gasteiger partial charge in [-0.3, -0.25) is 5.41 Å². The zero-order chi connectivity index (χ0) is 20.7. The molecule has 0 aromatic heterocycles. The Morgan fingerprint density at radius 2 is 2.04 bits per heavy atom. The maximum Gasteiger partial charge on any atom is 0.333 e. The second kappa shape index (κ2) is 10.3. The number of nitrogens with two attached hydrogens (primary N) is 1. The van der Waals surface area contributed by atoms with Gasteiger partial charge in [0, 0.05) is 21.8 Å². The minimum atomic E-state index is -0.910. The lowest BCUT2D eigenvalue weighted by atomic mass is 10.0. The molecule has 0 saturated carbocycles. The first-order valence-electron chi connectivity index (χ1n) is 8.47. The summed E-state index contributed by atoms with van der Waals surface area (Å²) in [5, 5.41) is 20.1. The maximum atomic E-state index is 12.7. The Hall–Kier alpha value is -2.29. The molecule has 1 unspecified atom stereocenters. The summed E-state index contributed by atoms with van der Waals surface area (Å²) in [7, 11) is 0. The van der Waals surface area contributed by atoms with Gasteiger partial charge in [0.15, 0.2) is 6.04 Å². The predicted octanol–water partition coefficient (Wildman–Crippen LogP) is 3.47. The van der Waals surface area contributed by atoms with E-state index in [0.717, 1.165) is 0 Å². The summed E-state index contributed by atoms with van der Waals surface area (Å²) in [6.07, 6.45) is 0. The Labute approximate surface area is 176 Å². The van der Waals surface area contributed by atoms with Crippen molar-refractivity contribution in [1.29, 1.82) is 5.41 Å². The first-order chi connectivity index (χ1) is 13.4. The van der Waals surface area contributed by atoms with Gasteiger partial charge < -0.3 is 25.6 Å². The van der Waals surface area contributed by atoms with Crippen molar-refractivity contribution in [3.05, 3.63) is 57.0 Å². The van der Waals surface area contributed by atoms with Crippen LogP contribution in [-0.2, 0) is 9.53 Å². The number of esters is 1. The highest BCUT2D eigenvalue weighted by Gasteiger charge is 2.27. The number of carbonyl (C=O) groups is 1. The van der Waals surface area contributed by atoms with Gasteiger partial charge >= 0.3 is 5.97 Å². The third-order valence-electron chi connectivity index (χ3n) is 3.72. The smallest absolute Gasteiger partial charge is 0.333 e. The fourth-order valence-corrected chi connectivity index (χ4v) is 3.45. The molecule has 2 rings (SSSR count). The topological polar surface area (TPSA) is 118 Å². The summed E-state index contributed by atoms with van der Waals surface area (Å²) in [4.78, 5) is 12.7. The molecule has 2 aromatic carbocycles. The highest BCUT2D eigenvalue weighted by molar-refractivity contribution is 9.10. The normalized spacial score (nSPS) is 11.6. The Bertz CT molecular complexity index is 846. The monoisotopic (exact) mass is 469 g/mol. The molecule has 1 atom stereocenters. The number of aliphatic hydroxyl groups is 1. The number of hydrogen-bond donors (Lipinski definition) is 4. The molecule has 0 bridgehead atoms. The van der Waals surface area contributed by atoms with Crippen LogP contribution in [0.4, 0.5) is 5.69 Å². The first kappa shape index (κ1) is 22.0. The molecule has 150 valence electrons. The number of carbonyl (C=O) groups excluding carboxylic acids is 1. The standard InChI is InChI=1S/C19H21BrClN3O4/c1-2-27-19(26)16(24-13-5-3-11(4-6-13)18(22)23)14-9-12(21)10-15(20)17(14)28-8-7-25/h3-6,9-10,16,24-25H,2,7-8H2,1H3,(H3,22,23). The summed E-state index contributed by atoms with van der Waals surface area (Å²) in [6, 6.07) is 9.09. The van der Waals surface area contributed by atoms with Gasteiger partial charge in [0.1, 0.15) is 18.2 Å². The van der Waals surface area contributed by atoms with Crippen LogP contribution >= 0.6 is 27.5 Å². The van der Waals surface area contributed by atoms with Crippen LogP contribution in [0.3, 0.4) is 0 Å². The Morgan fingerprint density at radius 3 is 2.61 bits per heavy atom. The van der Waals surface area contributed by atoms with Crippen LogP contribution in [0, 0.1) is 5.41 Å². The van der Waals surface area contributed by atoms with Crippen LogP contribution in [0.5, 0.6) is 5.75 Å². The lowest BCUT2D eigenvalue weighted by Crippen LogP contribution is -2.24. The molecule has 0 radical (unpaired) electrons. The fourth-order valence-electron chi connectivity index (χ4n) is 2.50. The summed E-state index contributed by atoms with van der Waals surface area (Å²) in [5.74, 6) is -0.183. The summed E-state index contributed by atoms with van der Waals surface area (Å²) < 4.78 is 11.4. The van der Waals surface area contributed by atoms with E-state index in [1.807, 2.05) is 0 Å².